The molecule has 19 heavy (non-hydrogen) atoms. The summed E-state index contributed by atoms with van der Waals surface area (Å²) in [5.74, 6) is -0.176. The number of ether oxygens (including phenoxy) is 2. The molecular formula is C16H16O3. The van der Waals surface area contributed by atoms with Crippen molar-refractivity contribution >= 4 is 5.78 Å². The summed E-state index contributed by atoms with van der Waals surface area (Å²) in [4.78, 5) is 12.0. The average Bonchev–Trinajstić information content (AvgIpc) is 2.49. The maximum absolute atomic E-state index is 12.0. The smallest absolute Gasteiger partial charge is 0.222 e. The molecule has 0 bridgehead atoms. The molecule has 0 aliphatic carbocycles. The Hall–Kier alpha value is -1.97. The van der Waals surface area contributed by atoms with E-state index in [-0.39, 0.29) is 5.78 Å². The second kappa shape index (κ2) is 6.27. The lowest BCUT2D eigenvalue weighted by Crippen LogP contribution is -2.24. The molecule has 0 spiro atoms. The maximum atomic E-state index is 12.0. The van der Waals surface area contributed by atoms with Gasteiger partial charge in [0.15, 0.2) is 0 Å². The summed E-state index contributed by atoms with van der Waals surface area (Å²) in [7, 11) is 2.90. The number of hydrogen-bond acceptors (Lipinski definition) is 3. The van der Waals surface area contributed by atoms with E-state index in [9.17, 15) is 4.79 Å². The van der Waals surface area contributed by atoms with Crippen molar-refractivity contribution in [2.24, 2.45) is 0 Å². The fourth-order valence-corrected chi connectivity index (χ4v) is 1.90. The molecule has 3 nitrogen and oxygen atoms in total. The Morgan fingerprint density at radius 1 is 0.842 bits per heavy atom. The van der Waals surface area contributed by atoms with Crippen molar-refractivity contribution in [3.05, 3.63) is 60.2 Å². The summed E-state index contributed by atoms with van der Waals surface area (Å²) in [5.41, 5.74) is 2.77. The zero-order valence-electron chi connectivity index (χ0n) is 11.0. The van der Waals surface area contributed by atoms with Gasteiger partial charge >= 0.3 is 0 Å². The minimum Gasteiger partial charge on any atom is -0.349 e. The summed E-state index contributed by atoms with van der Waals surface area (Å²) >= 11 is 0. The zero-order chi connectivity index (χ0) is 13.7. The van der Waals surface area contributed by atoms with Gasteiger partial charge in [0, 0.05) is 19.8 Å². The fourth-order valence-electron chi connectivity index (χ4n) is 1.90. The van der Waals surface area contributed by atoms with Gasteiger partial charge in [-0.25, -0.2) is 0 Å². The van der Waals surface area contributed by atoms with E-state index in [0.29, 0.717) is 5.56 Å². The van der Waals surface area contributed by atoms with Gasteiger partial charge in [-0.05, 0) is 11.1 Å². The first-order chi connectivity index (χ1) is 9.26. The zero-order valence-corrected chi connectivity index (χ0v) is 11.0. The highest BCUT2D eigenvalue weighted by molar-refractivity contribution is 5.99. The minimum atomic E-state index is -0.845. The highest BCUT2D eigenvalue weighted by Crippen LogP contribution is 2.20. The Morgan fingerprint density at radius 2 is 1.37 bits per heavy atom. The molecule has 0 amide bonds. The third-order valence-electron chi connectivity index (χ3n) is 2.92. The van der Waals surface area contributed by atoms with Crippen molar-refractivity contribution in [2.45, 2.75) is 6.29 Å². The van der Waals surface area contributed by atoms with Crippen LogP contribution in [-0.2, 0) is 9.47 Å². The highest BCUT2D eigenvalue weighted by Gasteiger charge is 2.18. The van der Waals surface area contributed by atoms with Crippen LogP contribution in [0.15, 0.2) is 54.6 Å². The van der Waals surface area contributed by atoms with Crippen LogP contribution >= 0.6 is 0 Å². The van der Waals surface area contributed by atoms with E-state index < -0.39 is 6.29 Å². The Morgan fingerprint density at radius 3 is 1.89 bits per heavy atom. The number of Topliss-reactive ketones (excluding diaryl/α,β-unsaturated/α-hetero) is 1. The number of methoxy groups -OCH3 is 2. The quantitative estimate of drug-likeness (QED) is 0.609. The van der Waals surface area contributed by atoms with E-state index in [1.54, 1.807) is 12.1 Å². The van der Waals surface area contributed by atoms with Crippen LogP contribution in [0.3, 0.4) is 0 Å². The first-order valence-corrected chi connectivity index (χ1v) is 6.01. The SMILES string of the molecule is COC(OC)C(=O)c1ccc(-c2ccccc2)cc1. The van der Waals surface area contributed by atoms with E-state index in [2.05, 4.69) is 0 Å². The van der Waals surface area contributed by atoms with E-state index in [4.69, 9.17) is 9.47 Å². The molecule has 0 N–H and O–H groups in total. The maximum Gasteiger partial charge on any atom is 0.222 e. The molecule has 0 saturated heterocycles. The molecule has 0 saturated carbocycles. The van der Waals surface area contributed by atoms with Crippen LogP contribution in [-0.4, -0.2) is 26.3 Å². The normalized spacial score (nSPS) is 10.7. The molecule has 2 rings (SSSR count). The number of hydrogen-bond donors (Lipinski definition) is 0. The predicted molar refractivity (Wildman–Crippen MR) is 74.0 cm³/mol. The first kappa shape index (κ1) is 13.5. The summed E-state index contributed by atoms with van der Waals surface area (Å²) in [6, 6.07) is 17.4. The van der Waals surface area contributed by atoms with E-state index in [0.717, 1.165) is 11.1 Å². The second-order valence-corrected chi connectivity index (χ2v) is 4.11. The molecule has 98 valence electrons. The molecule has 0 fully saturated rings. The van der Waals surface area contributed by atoms with Crippen molar-refractivity contribution in [1.29, 1.82) is 0 Å². The van der Waals surface area contributed by atoms with E-state index >= 15 is 0 Å². The van der Waals surface area contributed by atoms with Crippen LogP contribution in [0.25, 0.3) is 11.1 Å². The molecule has 2 aromatic carbocycles. The van der Waals surface area contributed by atoms with Crippen LogP contribution < -0.4 is 0 Å². The molecule has 0 atom stereocenters. The molecule has 0 unspecified atom stereocenters. The number of rotatable bonds is 5. The summed E-state index contributed by atoms with van der Waals surface area (Å²) in [5, 5.41) is 0. The van der Waals surface area contributed by atoms with E-state index in [1.807, 2.05) is 42.5 Å². The van der Waals surface area contributed by atoms with Crippen LogP contribution in [0.2, 0.25) is 0 Å². The topological polar surface area (TPSA) is 35.5 Å². The lowest BCUT2D eigenvalue weighted by molar-refractivity contribution is -0.0742. The van der Waals surface area contributed by atoms with Gasteiger partial charge in [-0.1, -0.05) is 54.6 Å². The molecule has 2 aromatic rings. The average molecular weight is 256 g/mol. The molecule has 0 aliphatic rings. The van der Waals surface area contributed by atoms with Crippen molar-refractivity contribution in [1.82, 2.24) is 0 Å². The monoisotopic (exact) mass is 256 g/mol. The van der Waals surface area contributed by atoms with E-state index in [1.165, 1.54) is 14.2 Å². The summed E-state index contributed by atoms with van der Waals surface area (Å²) in [6.45, 7) is 0. The van der Waals surface area contributed by atoms with Crippen LogP contribution in [0.4, 0.5) is 0 Å². The Kier molecular flexibility index (Phi) is 4.44. The van der Waals surface area contributed by atoms with Crippen molar-refractivity contribution < 1.29 is 14.3 Å². The number of ketones is 1. The van der Waals surface area contributed by atoms with Gasteiger partial charge in [-0.15, -0.1) is 0 Å². The third-order valence-corrected chi connectivity index (χ3v) is 2.92. The summed E-state index contributed by atoms with van der Waals surface area (Å²) in [6.07, 6.45) is -0.845. The number of benzene rings is 2. The summed E-state index contributed by atoms with van der Waals surface area (Å²) < 4.78 is 9.92. The third kappa shape index (κ3) is 3.08. The second-order valence-electron chi connectivity index (χ2n) is 4.11. The van der Waals surface area contributed by atoms with Crippen molar-refractivity contribution in [3.8, 4) is 11.1 Å². The molecule has 0 aromatic heterocycles. The van der Waals surface area contributed by atoms with Gasteiger partial charge in [-0.2, -0.15) is 0 Å². The van der Waals surface area contributed by atoms with Gasteiger partial charge in [-0.3, -0.25) is 4.79 Å². The van der Waals surface area contributed by atoms with Crippen molar-refractivity contribution in [2.75, 3.05) is 14.2 Å². The number of carbonyl (C=O) groups excluding carboxylic acids is 1. The highest BCUT2D eigenvalue weighted by atomic mass is 16.7. The molecule has 3 heteroatoms. The van der Waals surface area contributed by atoms with Crippen LogP contribution in [0.5, 0.6) is 0 Å². The molecular weight excluding hydrogens is 240 g/mol. The van der Waals surface area contributed by atoms with Gasteiger partial charge in [0.1, 0.15) is 0 Å². The van der Waals surface area contributed by atoms with Gasteiger partial charge in [0.25, 0.3) is 0 Å². The predicted octanol–water partition coefficient (Wildman–Crippen LogP) is 3.16. The van der Waals surface area contributed by atoms with Crippen molar-refractivity contribution in [3.63, 3.8) is 0 Å². The fraction of sp³-hybridized carbons (Fsp3) is 0.188. The van der Waals surface area contributed by atoms with Crippen LogP contribution in [0.1, 0.15) is 10.4 Å². The first-order valence-electron chi connectivity index (χ1n) is 6.01. The molecule has 0 radical (unpaired) electrons. The Bertz CT molecular complexity index is 528. The Balaban J connectivity index is 2.22. The lowest BCUT2D eigenvalue weighted by Gasteiger charge is -2.12. The Labute approximate surface area is 112 Å². The van der Waals surface area contributed by atoms with Crippen LogP contribution in [0, 0.1) is 0 Å². The van der Waals surface area contributed by atoms with Gasteiger partial charge in [0.05, 0.1) is 0 Å². The largest absolute Gasteiger partial charge is 0.349 e. The lowest BCUT2D eigenvalue weighted by atomic mass is 10.0. The molecule has 0 aliphatic heterocycles. The van der Waals surface area contributed by atoms with Gasteiger partial charge in [0.2, 0.25) is 12.1 Å². The van der Waals surface area contributed by atoms with Gasteiger partial charge < -0.3 is 9.47 Å². The molecule has 0 heterocycles. The standard InChI is InChI=1S/C16H16O3/c1-18-16(19-2)15(17)14-10-8-13(9-11-14)12-6-4-3-5-7-12/h3-11,16H,1-2H3. The minimum absolute atomic E-state index is 0.176. The number of carbonyl (C=O) groups is 1.